The molecule has 25 heavy (non-hydrogen) atoms. The van der Waals surface area contributed by atoms with Gasteiger partial charge in [-0.15, -0.1) is 5.10 Å². The highest BCUT2D eigenvalue weighted by Crippen LogP contribution is 2.19. The van der Waals surface area contributed by atoms with E-state index in [2.05, 4.69) is 32.7 Å². The summed E-state index contributed by atoms with van der Waals surface area (Å²) in [5.74, 6) is 1.99. The number of nitrogens with one attached hydrogen (secondary N) is 2. The highest BCUT2D eigenvalue weighted by Gasteiger charge is 2.01. The molecule has 0 fully saturated rings. The van der Waals surface area contributed by atoms with Crippen LogP contribution in [0.3, 0.4) is 0 Å². The van der Waals surface area contributed by atoms with Gasteiger partial charge in [0.15, 0.2) is 5.82 Å². The minimum absolute atomic E-state index is 0.523. The van der Waals surface area contributed by atoms with Gasteiger partial charge in [-0.05, 0) is 36.2 Å². The van der Waals surface area contributed by atoms with Crippen LogP contribution in [0.1, 0.15) is 18.9 Å². The smallest absolute Gasteiger partial charge is 0.244 e. The molecule has 0 aliphatic heterocycles. The topological polar surface area (TPSA) is 72.0 Å². The van der Waals surface area contributed by atoms with Gasteiger partial charge in [0, 0.05) is 12.2 Å². The molecule has 128 valence electrons. The van der Waals surface area contributed by atoms with Gasteiger partial charge in [-0.2, -0.15) is 10.1 Å². The molecule has 6 heteroatoms. The summed E-state index contributed by atoms with van der Waals surface area (Å²) in [6, 6.07) is 17.8. The third-order valence-electron chi connectivity index (χ3n) is 3.47. The molecule has 0 atom stereocenters. The van der Waals surface area contributed by atoms with Crippen molar-refractivity contribution in [3.63, 3.8) is 0 Å². The zero-order valence-corrected chi connectivity index (χ0v) is 14.1. The van der Waals surface area contributed by atoms with Crippen molar-refractivity contribution >= 4 is 17.5 Å². The Kier molecular flexibility index (Phi) is 5.77. The van der Waals surface area contributed by atoms with Gasteiger partial charge in [-0.1, -0.05) is 37.3 Å². The van der Waals surface area contributed by atoms with Crippen LogP contribution < -0.4 is 15.4 Å². The van der Waals surface area contributed by atoms with Crippen LogP contribution in [0.25, 0.3) is 0 Å². The maximum absolute atomic E-state index is 5.78. The van der Waals surface area contributed by atoms with E-state index in [1.54, 1.807) is 6.20 Å². The Morgan fingerprint density at radius 3 is 2.56 bits per heavy atom. The molecule has 2 aromatic carbocycles. The number of rotatable bonds is 8. The maximum Gasteiger partial charge on any atom is 0.244 e. The van der Waals surface area contributed by atoms with Crippen molar-refractivity contribution in [2.75, 3.05) is 17.2 Å². The number of anilines is 3. The number of nitrogens with zero attached hydrogens (tertiary/aromatic N) is 3. The first-order valence-electron chi connectivity index (χ1n) is 8.31. The van der Waals surface area contributed by atoms with Crippen LogP contribution >= 0.6 is 0 Å². The molecular weight excluding hydrogens is 314 g/mol. The van der Waals surface area contributed by atoms with E-state index in [9.17, 15) is 0 Å². The highest BCUT2D eigenvalue weighted by molar-refractivity contribution is 5.57. The van der Waals surface area contributed by atoms with Crippen molar-refractivity contribution in [3.05, 3.63) is 66.4 Å². The number of hydrogen-bond acceptors (Lipinski definition) is 6. The summed E-state index contributed by atoms with van der Waals surface area (Å²) >= 11 is 0. The minimum atomic E-state index is 0.523. The summed E-state index contributed by atoms with van der Waals surface area (Å²) in [5.41, 5.74) is 2.05. The third kappa shape index (κ3) is 5.17. The molecule has 0 bridgehead atoms. The second-order valence-electron chi connectivity index (χ2n) is 5.52. The van der Waals surface area contributed by atoms with Crippen molar-refractivity contribution in [2.45, 2.75) is 20.0 Å². The lowest BCUT2D eigenvalue weighted by atomic mass is 10.2. The molecule has 0 unspecified atom stereocenters. The molecule has 0 aliphatic rings. The third-order valence-corrected chi connectivity index (χ3v) is 3.47. The maximum atomic E-state index is 5.78. The van der Waals surface area contributed by atoms with Crippen molar-refractivity contribution in [1.82, 2.24) is 15.2 Å². The lowest BCUT2D eigenvalue weighted by molar-refractivity contribution is 0.306. The average molecular weight is 335 g/mol. The Balaban J connectivity index is 1.57. The second-order valence-corrected chi connectivity index (χ2v) is 5.52. The van der Waals surface area contributed by atoms with Gasteiger partial charge in [-0.25, -0.2) is 0 Å². The zero-order valence-electron chi connectivity index (χ0n) is 14.1. The van der Waals surface area contributed by atoms with Crippen LogP contribution in [0.15, 0.2) is 60.8 Å². The van der Waals surface area contributed by atoms with Crippen LogP contribution in [-0.2, 0) is 6.61 Å². The second kappa shape index (κ2) is 8.63. The zero-order chi connectivity index (χ0) is 17.3. The lowest BCUT2D eigenvalue weighted by Crippen LogP contribution is -2.06. The molecule has 2 N–H and O–H groups in total. The molecule has 3 aromatic rings. The van der Waals surface area contributed by atoms with Crippen molar-refractivity contribution in [2.24, 2.45) is 0 Å². The van der Waals surface area contributed by atoms with E-state index in [1.165, 1.54) is 0 Å². The fourth-order valence-corrected chi connectivity index (χ4v) is 2.20. The molecule has 0 saturated carbocycles. The van der Waals surface area contributed by atoms with Crippen molar-refractivity contribution in [3.8, 4) is 5.75 Å². The standard InChI is InChI=1S/C19H21N5O/c1-2-12-20-19-23-18(13-21-24-19)22-16-8-10-17(11-9-16)25-14-15-6-4-3-5-7-15/h3-11,13H,2,12,14H2,1H3,(H2,20,22,23,24). The molecule has 0 radical (unpaired) electrons. The van der Waals surface area contributed by atoms with E-state index in [4.69, 9.17) is 4.74 Å². The van der Waals surface area contributed by atoms with Crippen molar-refractivity contribution < 1.29 is 4.74 Å². The number of hydrogen-bond donors (Lipinski definition) is 2. The molecular formula is C19H21N5O. The average Bonchev–Trinajstić information content (AvgIpc) is 2.67. The molecule has 6 nitrogen and oxygen atoms in total. The van der Waals surface area contributed by atoms with E-state index in [-0.39, 0.29) is 0 Å². The van der Waals surface area contributed by atoms with Gasteiger partial charge in [0.25, 0.3) is 0 Å². The summed E-state index contributed by atoms with van der Waals surface area (Å²) in [4.78, 5) is 4.38. The predicted molar refractivity (Wildman–Crippen MR) is 99.1 cm³/mol. The Hall–Kier alpha value is -3.15. The number of benzene rings is 2. The summed E-state index contributed by atoms with van der Waals surface area (Å²) in [6.07, 6.45) is 2.60. The first kappa shape index (κ1) is 16.7. The van der Waals surface area contributed by atoms with Gasteiger partial charge < -0.3 is 15.4 Å². The fraction of sp³-hybridized carbons (Fsp3) is 0.211. The summed E-state index contributed by atoms with van der Waals surface area (Å²) in [6.45, 7) is 3.46. The first-order valence-corrected chi connectivity index (χ1v) is 8.31. The summed E-state index contributed by atoms with van der Waals surface area (Å²) < 4.78 is 5.78. The largest absolute Gasteiger partial charge is 0.489 e. The number of ether oxygens (including phenoxy) is 1. The van der Waals surface area contributed by atoms with Gasteiger partial charge >= 0.3 is 0 Å². The van der Waals surface area contributed by atoms with Crippen LogP contribution in [0.4, 0.5) is 17.5 Å². The summed E-state index contributed by atoms with van der Waals surface area (Å²) in [5, 5.41) is 14.2. The molecule has 0 amide bonds. The van der Waals surface area contributed by atoms with E-state index in [1.807, 2.05) is 54.6 Å². The van der Waals surface area contributed by atoms with Gasteiger partial charge in [-0.3, -0.25) is 0 Å². The van der Waals surface area contributed by atoms with E-state index < -0.39 is 0 Å². The first-order chi connectivity index (χ1) is 12.3. The van der Waals surface area contributed by atoms with Gasteiger partial charge in [0.2, 0.25) is 5.95 Å². The molecule has 0 aliphatic carbocycles. The van der Waals surface area contributed by atoms with Gasteiger partial charge in [0.05, 0.1) is 6.20 Å². The SMILES string of the molecule is CCCNc1nncc(Nc2ccc(OCc3ccccc3)cc2)n1. The highest BCUT2D eigenvalue weighted by atomic mass is 16.5. The minimum Gasteiger partial charge on any atom is -0.489 e. The lowest BCUT2D eigenvalue weighted by Gasteiger charge is -2.09. The Labute approximate surface area is 147 Å². The number of aromatic nitrogens is 3. The van der Waals surface area contributed by atoms with Crippen LogP contribution in [0, 0.1) is 0 Å². The molecule has 1 heterocycles. The van der Waals surface area contributed by atoms with Gasteiger partial charge in [0.1, 0.15) is 12.4 Å². The van der Waals surface area contributed by atoms with Crippen LogP contribution in [0.2, 0.25) is 0 Å². The molecule has 0 spiro atoms. The molecule has 1 aromatic heterocycles. The van der Waals surface area contributed by atoms with Crippen LogP contribution in [0.5, 0.6) is 5.75 Å². The molecule has 3 rings (SSSR count). The quantitative estimate of drug-likeness (QED) is 0.648. The van der Waals surface area contributed by atoms with Crippen molar-refractivity contribution in [1.29, 1.82) is 0 Å². The van der Waals surface area contributed by atoms with E-state index >= 15 is 0 Å². The Bertz CT molecular complexity index is 777. The Morgan fingerprint density at radius 1 is 1.00 bits per heavy atom. The van der Waals surface area contributed by atoms with E-state index in [0.717, 1.165) is 30.0 Å². The normalized spacial score (nSPS) is 10.3. The predicted octanol–water partition coefficient (Wildman–Crippen LogP) is 4.02. The Morgan fingerprint density at radius 2 is 1.80 bits per heavy atom. The van der Waals surface area contributed by atoms with E-state index in [0.29, 0.717) is 18.4 Å². The van der Waals surface area contributed by atoms with Crippen LogP contribution in [-0.4, -0.2) is 21.7 Å². The summed E-state index contributed by atoms with van der Waals surface area (Å²) in [7, 11) is 0. The fourth-order valence-electron chi connectivity index (χ4n) is 2.20. The molecule has 0 saturated heterocycles. The monoisotopic (exact) mass is 335 g/mol.